The second kappa shape index (κ2) is 7.97. The van der Waals surface area contributed by atoms with Crippen LogP contribution in [0.1, 0.15) is 29.1 Å². The molecule has 1 aliphatic heterocycles. The number of fused-ring (bicyclic) bond motifs is 1. The lowest BCUT2D eigenvalue weighted by molar-refractivity contribution is -0.117. The molecule has 32 heavy (non-hydrogen) atoms. The van der Waals surface area contributed by atoms with E-state index in [1.165, 1.54) is 28.6 Å². The maximum absolute atomic E-state index is 13.2. The molecule has 0 unspecified atom stereocenters. The lowest BCUT2D eigenvalue weighted by Crippen LogP contribution is -2.30. The molecule has 0 saturated heterocycles. The number of carbonyl (C=O) groups is 2. The number of aliphatic hydroxyl groups is 1. The largest absolute Gasteiger partial charge is 0.503 e. The molecule has 0 bridgehead atoms. The fourth-order valence-corrected chi connectivity index (χ4v) is 4.80. The first kappa shape index (κ1) is 20.0. The average Bonchev–Trinajstić information content (AvgIpc) is 3.53. The first-order valence-corrected chi connectivity index (χ1v) is 10.8. The van der Waals surface area contributed by atoms with Gasteiger partial charge in [0.15, 0.2) is 16.7 Å². The van der Waals surface area contributed by atoms with E-state index >= 15 is 0 Å². The van der Waals surface area contributed by atoms with Crippen molar-refractivity contribution in [1.82, 2.24) is 4.98 Å². The van der Waals surface area contributed by atoms with E-state index in [0.29, 0.717) is 28.6 Å². The van der Waals surface area contributed by atoms with Crippen molar-refractivity contribution in [3.63, 3.8) is 0 Å². The molecule has 1 amide bonds. The van der Waals surface area contributed by atoms with Gasteiger partial charge in [0.25, 0.3) is 5.91 Å². The number of aliphatic hydroxyl groups excluding tert-OH is 1. The molecular weight excluding hydrogens is 428 g/mol. The van der Waals surface area contributed by atoms with E-state index in [4.69, 9.17) is 9.15 Å². The summed E-state index contributed by atoms with van der Waals surface area (Å²) in [6.07, 6.45) is 1.38. The lowest BCUT2D eigenvalue weighted by atomic mass is 9.95. The molecule has 160 valence electrons. The summed E-state index contributed by atoms with van der Waals surface area (Å²) < 4.78 is 11.6. The number of thiazole rings is 1. The van der Waals surface area contributed by atoms with Crippen LogP contribution in [0, 0.1) is 0 Å². The predicted octanol–water partition coefficient (Wildman–Crippen LogP) is 5.07. The van der Waals surface area contributed by atoms with Gasteiger partial charge in [0.05, 0.1) is 34.7 Å². The second-order valence-electron chi connectivity index (χ2n) is 7.12. The molecule has 5 rings (SSSR count). The van der Waals surface area contributed by atoms with Gasteiger partial charge < -0.3 is 14.3 Å². The third-order valence-corrected chi connectivity index (χ3v) is 6.20. The number of benzene rings is 2. The average molecular weight is 446 g/mol. The molecule has 0 spiro atoms. The zero-order valence-corrected chi connectivity index (χ0v) is 17.8. The molecular formula is C24H18N2O5S. The highest BCUT2D eigenvalue weighted by molar-refractivity contribution is 7.22. The van der Waals surface area contributed by atoms with Crippen molar-refractivity contribution in [2.24, 2.45) is 0 Å². The van der Waals surface area contributed by atoms with Crippen molar-refractivity contribution >= 4 is 38.4 Å². The zero-order chi connectivity index (χ0) is 22.2. The van der Waals surface area contributed by atoms with Gasteiger partial charge in [-0.15, -0.1) is 0 Å². The second-order valence-corrected chi connectivity index (χ2v) is 8.13. The van der Waals surface area contributed by atoms with Crippen LogP contribution < -0.4 is 9.64 Å². The van der Waals surface area contributed by atoms with E-state index in [1.54, 1.807) is 18.2 Å². The van der Waals surface area contributed by atoms with Crippen LogP contribution >= 0.6 is 11.3 Å². The summed E-state index contributed by atoms with van der Waals surface area (Å²) in [5.74, 6) is -1.07. The number of aromatic nitrogens is 1. The van der Waals surface area contributed by atoms with E-state index in [0.717, 1.165) is 4.70 Å². The molecule has 1 N–H and O–H groups in total. The quantitative estimate of drug-likeness (QED) is 0.416. The minimum absolute atomic E-state index is 0.0367. The highest BCUT2D eigenvalue weighted by Crippen LogP contribution is 2.44. The van der Waals surface area contributed by atoms with Crippen LogP contribution in [0.2, 0.25) is 0 Å². The summed E-state index contributed by atoms with van der Waals surface area (Å²) in [5, 5.41) is 11.1. The topological polar surface area (TPSA) is 92.9 Å². The van der Waals surface area contributed by atoms with E-state index in [9.17, 15) is 14.7 Å². The Labute approximate surface area is 187 Å². The smallest absolute Gasteiger partial charge is 0.296 e. The molecule has 1 aliphatic rings. The van der Waals surface area contributed by atoms with E-state index in [2.05, 4.69) is 4.98 Å². The Hall–Kier alpha value is -3.91. The van der Waals surface area contributed by atoms with Crippen LogP contribution in [-0.2, 0) is 4.79 Å². The Bertz CT molecular complexity index is 1340. The Morgan fingerprint density at radius 1 is 1.19 bits per heavy atom. The van der Waals surface area contributed by atoms with Gasteiger partial charge in [-0.1, -0.05) is 41.7 Å². The monoisotopic (exact) mass is 446 g/mol. The first-order chi connectivity index (χ1) is 15.6. The van der Waals surface area contributed by atoms with Gasteiger partial charge in [0.2, 0.25) is 5.78 Å². The summed E-state index contributed by atoms with van der Waals surface area (Å²) in [6.45, 7) is 2.44. The van der Waals surface area contributed by atoms with Crippen LogP contribution in [0.5, 0.6) is 5.75 Å². The van der Waals surface area contributed by atoms with Crippen LogP contribution in [-0.4, -0.2) is 28.4 Å². The van der Waals surface area contributed by atoms with Crippen LogP contribution in [0.15, 0.2) is 82.7 Å². The van der Waals surface area contributed by atoms with Crippen molar-refractivity contribution in [2.45, 2.75) is 13.0 Å². The maximum atomic E-state index is 13.2. The van der Waals surface area contributed by atoms with Crippen LogP contribution in [0.25, 0.3) is 10.2 Å². The van der Waals surface area contributed by atoms with Gasteiger partial charge in [-0.05, 0) is 42.8 Å². The Balaban J connectivity index is 1.64. The molecule has 0 fully saturated rings. The number of hydrogen-bond acceptors (Lipinski definition) is 7. The van der Waals surface area contributed by atoms with Gasteiger partial charge in [0.1, 0.15) is 5.75 Å². The zero-order valence-electron chi connectivity index (χ0n) is 17.0. The Kier molecular flexibility index (Phi) is 4.99. The summed E-state index contributed by atoms with van der Waals surface area (Å²) in [5.41, 5.74) is 1.33. The molecule has 0 radical (unpaired) electrons. The SMILES string of the molecule is CCOc1ccc2nc(N3C(=O)C(O)=C(C(=O)c4ccco4)[C@H]3c3ccccc3)sc2c1. The number of furan rings is 1. The van der Waals surface area contributed by atoms with Gasteiger partial charge in [-0.3, -0.25) is 14.5 Å². The van der Waals surface area contributed by atoms with Gasteiger partial charge in [-0.25, -0.2) is 4.98 Å². The molecule has 3 heterocycles. The number of nitrogens with zero attached hydrogens (tertiary/aromatic N) is 2. The van der Waals surface area contributed by atoms with Crippen LogP contribution in [0.4, 0.5) is 5.13 Å². The fraction of sp³-hybridized carbons (Fsp3) is 0.125. The lowest BCUT2D eigenvalue weighted by Gasteiger charge is -2.24. The molecule has 0 saturated carbocycles. The van der Waals surface area contributed by atoms with Crippen molar-refractivity contribution < 1.29 is 23.8 Å². The number of ether oxygens (including phenoxy) is 1. The molecule has 7 nitrogen and oxygen atoms in total. The normalized spacial score (nSPS) is 16.2. The molecule has 1 atom stereocenters. The standard InChI is InChI=1S/C24H18N2O5S/c1-2-30-15-10-11-16-18(13-15)32-24(25-16)26-20(14-7-4-3-5-8-14)19(22(28)23(26)29)21(27)17-9-6-12-31-17/h3-13,20,28H,2H2,1H3/t20-/m1/s1. The molecule has 4 aromatic rings. The molecule has 8 heteroatoms. The van der Waals surface area contributed by atoms with E-state index in [-0.39, 0.29) is 11.3 Å². The summed E-state index contributed by atoms with van der Waals surface area (Å²) in [6, 6.07) is 16.8. The highest BCUT2D eigenvalue weighted by atomic mass is 32.1. The fourth-order valence-electron chi connectivity index (χ4n) is 3.78. The van der Waals surface area contributed by atoms with Crippen LogP contribution in [0.3, 0.4) is 0 Å². The van der Waals surface area contributed by atoms with Gasteiger partial charge in [-0.2, -0.15) is 0 Å². The highest BCUT2D eigenvalue weighted by Gasteiger charge is 2.46. The number of carbonyl (C=O) groups excluding carboxylic acids is 2. The number of ketones is 1. The van der Waals surface area contributed by atoms with Crippen molar-refractivity contribution in [3.05, 3.63) is 89.6 Å². The van der Waals surface area contributed by atoms with E-state index in [1.807, 2.05) is 43.3 Å². The maximum Gasteiger partial charge on any atom is 0.296 e. The number of hydrogen-bond donors (Lipinski definition) is 1. The Morgan fingerprint density at radius 2 is 2.00 bits per heavy atom. The number of amides is 1. The first-order valence-electron chi connectivity index (χ1n) is 10.0. The van der Waals surface area contributed by atoms with Crippen molar-refractivity contribution in [1.29, 1.82) is 0 Å². The Morgan fingerprint density at radius 3 is 2.72 bits per heavy atom. The third-order valence-electron chi connectivity index (χ3n) is 5.18. The number of rotatable bonds is 6. The molecule has 2 aromatic carbocycles. The number of anilines is 1. The molecule has 0 aliphatic carbocycles. The summed E-state index contributed by atoms with van der Waals surface area (Å²) in [7, 11) is 0. The van der Waals surface area contributed by atoms with Gasteiger partial charge in [0, 0.05) is 0 Å². The predicted molar refractivity (Wildman–Crippen MR) is 120 cm³/mol. The number of Topliss-reactive ketones (excluding diaryl/α,β-unsaturated/α-hetero) is 1. The van der Waals surface area contributed by atoms with E-state index < -0.39 is 23.5 Å². The van der Waals surface area contributed by atoms with Gasteiger partial charge >= 0.3 is 0 Å². The third kappa shape index (κ3) is 3.25. The minimum atomic E-state index is -0.840. The minimum Gasteiger partial charge on any atom is -0.503 e. The van der Waals surface area contributed by atoms with Crippen molar-refractivity contribution in [3.8, 4) is 5.75 Å². The molecule has 2 aromatic heterocycles. The van der Waals surface area contributed by atoms with Crippen molar-refractivity contribution in [2.75, 3.05) is 11.5 Å². The summed E-state index contributed by atoms with van der Waals surface area (Å²) in [4.78, 5) is 32.4. The summed E-state index contributed by atoms with van der Waals surface area (Å²) >= 11 is 1.29.